The van der Waals surface area contributed by atoms with Crippen molar-refractivity contribution in [2.24, 2.45) is 4.99 Å². The summed E-state index contributed by atoms with van der Waals surface area (Å²) in [6.45, 7) is 3.62. The lowest BCUT2D eigenvalue weighted by Gasteiger charge is -2.33. The Morgan fingerprint density at radius 2 is 1.84 bits per heavy atom. The van der Waals surface area contributed by atoms with Gasteiger partial charge < -0.3 is 14.7 Å². The summed E-state index contributed by atoms with van der Waals surface area (Å²) in [5.74, 6) is 1.15. The van der Waals surface area contributed by atoms with Crippen molar-refractivity contribution in [3.05, 3.63) is 0 Å². The first-order valence-corrected chi connectivity index (χ1v) is 7.12. The number of hydrogen-bond donors (Lipinski definition) is 0. The lowest BCUT2D eigenvalue weighted by atomic mass is 10.0. The van der Waals surface area contributed by atoms with Crippen LogP contribution < -0.4 is 0 Å². The molecule has 1 saturated heterocycles. The van der Waals surface area contributed by atoms with Crippen molar-refractivity contribution in [3.63, 3.8) is 0 Å². The van der Waals surface area contributed by atoms with Gasteiger partial charge in [0.15, 0.2) is 5.96 Å². The van der Waals surface area contributed by atoms with Crippen molar-refractivity contribution in [2.45, 2.75) is 38.6 Å². The molecule has 1 aliphatic rings. The van der Waals surface area contributed by atoms with E-state index in [2.05, 4.69) is 11.9 Å². The summed E-state index contributed by atoms with van der Waals surface area (Å²) in [6.07, 6.45) is 4.03. The summed E-state index contributed by atoms with van der Waals surface area (Å²) in [7, 11) is 7.86. The van der Waals surface area contributed by atoms with Crippen molar-refractivity contribution >= 4 is 11.9 Å². The van der Waals surface area contributed by atoms with Gasteiger partial charge in [0.05, 0.1) is 6.54 Å². The Morgan fingerprint density at radius 3 is 2.37 bits per heavy atom. The van der Waals surface area contributed by atoms with Crippen LogP contribution in [0.3, 0.4) is 0 Å². The molecule has 0 aromatic carbocycles. The van der Waals surface area contributed by atoms with Crippen LogP contribution in [0.2, 0.25) is 0 Å². The van der Waals surface area contributed by atoms with E-state index in [1.807, 2.05) is 42.9 Å². The largest absolute Gasteiger partial charge is 0.349 e. The Kier molecular flexibility index (Phi) is 6.12. The third-order valence-corrected chi connectivity index (χ3v) is 3.50. The van der Waals surface area contributed by atoms with Crippen LogP contribution in [-0.4, -0.2) is 73.9 Å². The summed E-state index contributed by atoms with van der Waals surface area (Å²) in [5, 5.41) is 0. The highest BCUT2D eigenvalue weighted by Gasteiger charge is 2.22. The van der Waals surface area contributed by atoms with Crippen LogP contribution in [0.5, 0.6) is 0 Å². The normalized spacial score (nSPS) is 19.0. The van der Waals surface area contributed by atoms with Gasteiger partial charge in [-0.1, -0.05) is 0 Å². The van der Waals surface area contributed by atoms with E-state index in [-0.39, 0.29) is 5.91 Å². The highest BCUT2D eigenvalue weighted by Crippen LogP contribution is 2.17. The number of carbonyl (C=O) groups excluding carboxylic acids is 1. The molecule has 0 radical (unpaired) electrons. The maximum atomic E-state index is 12.2. The number of nitrogens with zero attached hydrogens (tertiary/aromatic N) is 4. The van der Waals surface area contributed by atoms with E-state index >= 15 is 0 Å². The number of amides is 1. The van der Waals surface area contributed by atoms with Crippen LogP contribution >= 0.6 is 0 Å². The minimum atomic E-state index is 0.243. The molecule has 0 aromatic heterocycles. The molecule has 0 saturated carbocycles. The predicted molar refractivity (Wildman–Crippen MR) is 79.3 cm³/mol. The summed E-state index contributed by atoms with van der Waals surface area (Å²) >= 11 is 0. The van der Waals surface area contributed by atoms with Gasteiger partial charge in [-0.2, -0.15) is 0 Å². The highest BCUT2D eigenvalue weighted by atomic mass is 16.2. The summed E-state index contributed by atoms with van der Waals surface area (Å²) in [6, 6.07) is 0.396. The Bertz CT molecular complexity index is 315. The zero-order chi connectivity index (χ0) is 14.4. The van der Waals surface area contributed by atoms with Crippen LogP contribution in [0.15, 0.2) is 4.99 Å². The zero-order valence-electron chi connectivity index (χ0n) is 13.0. The molecule has 1 rings (SSSR count). The molecule has 1 fully saturated rings. The van der Waals surface area contributed by atoms with Crippen molar-refractivity contribution < 1.29 is 4.79 Å². The smallest absolute Gasteiger partial charge is 0.224 e. The van der Waals surface area contributed by atoms with Gasteiger partial charge >= 0.3 is 0 Å². The van der Waals surface area contributed by atoms with E-state index in [0.717, 1.165) is 25.3 Å². The maximum absolute atomic E-state index is 12.2. The number of piperidine rings is 1. The fourth-order valence-electron chi connectivity index (χ4n) is 2.55. The Hall–Kier alpha value is -1.26. The minimum absolute atomic E-state index is 0.243. The molecule has 0 spiro atoms. The molecule has 5 heteroatoms. The van der Waals surface area contributed by atoms with Crippen LogP contribution in [0, 0.1) is 0 Å². The summed E-state index contributed by atoms with van der Waals surface area (Å²) in [5.41, 5.74) is 0. The average molecular weight is 268 g/mol. The number of rotatable bonds is 3. The fourth-order valence-corrected chi connectivity index (χ4v) is 2.55. The molecule has 0 aromatic rings. The van der Waals surface area contributed by atoms with Crippen molar-refractivity contribution in [2.75, 3.05) is 41.3 Å². The number of likely N-dealkylation sites (tertiary alicyclic amines) is 1. The molecule has 0 bridgehead atoms. The van der Waals surface area contributed by atoms with Crippen LogP contribution in [0.4, 0.5) is 0 Å². The van der Waals surface area contributed by atoms with Gasteiger partial charge in [-0.3, -0.25) is 9.79 Å². The second kappa shape index (κ2) is 7.36. The van der Waals surface area contributed by atoms with Gasteiger partial charge in [0.2, 0.25) is 5.91 Å². The van der Waals surface area contributed by atoms with E-state index in [1.165, 1.54) is 6.42 Å². The average Bonchev–Trinajstić information content (AvgIpc) is 2.33. The third-order valence-electron chi connectivity index (χ3n) is 3.50. The summed E-state index contributed by atoms with van der Waals surface area (Å²) < 4.78 is 0. The second-order valence-electron chi connectivity index (χ2n) is 5.65. The van der Waals surface area contributed by atoms with Crippen LogP contribution in [-0.2, 0) is 4.79 Å². The standard InChI is InChI=1S/C14H28N4O/c1-12-8-6-7-11-18(12)13(19)9-10-15-14(16(2)3)17(4)5/h12H,6-11H2,1-5H3/t12-/m0/s1. The van der Waals surface area contributed by atoms with Crippen molar-refractivity contribution in [1.29, 1.82) is 0 Å². The maximum Gasteiger partial charge on any atom is 0.224 e. The number of guanidine groups is 1. The molecule has 110 valence electrons. The van der Waals surface area contributed by atoms with E-state index < -0.39 is 0 Å². The molecular weight excluding hydrogens is 240 g/mol. The number of carbonyl (C=O) groups is 1. The molecule has 1 atom stereocenters. The van der Waals surface area contributed by atoms with Gasteiger partial charge in [-0.05, 0) is 26.2 Å². The Labute approximate surface area is 117 Å². The molecular formula is C14H28N4O. The van der Waals surface area contributed by atoms with E-state index in [1.54, 1.807) is 0 Å². The monoisotopic (exact) mass is 268 g/mol. The molecule has 1 aliphatic heterocycles. The Balaban J connectivity index is 2.47. The third kappa shape index (κ3) is 4.73. The molecule has 5 nitrogen and oxygen atoms in total. The quantitative estimate of drug-likeness (QED) is 0.571. The topological polar surface area (TPSA) is 39.2 Å². The van der Waals surface area contributed by atoms with Crippen LogP contribution in [0.1, 0.15) is 32.6 Å². The first kappa shape index (κ1) is 15.8. The molecule has 1 heterocycles. The van der Waals surface area contributed by atoms with E-state index in [4.69, 9.17) is 0 Å². The SMILES string of the molecule is C[C@H]1CCCCN1C(=O)CCN=C(N(C)C)N(C)C. The molecule has 19 heavy (non-hydrogen) atoms. The molecule has 0 N–H and O–H groups in total. The van der Waals surface area contributed by atoms with Gasteiger partial charge in [0, 0.05) is 47.2 Å². The van der Waals surface area contributed by atoms with Gasteiger partial charge in [0.25, 0.3) is 0 Å². The lowest BCUT2D eigenvalue weighted by Crippen LogP contribution is -2.42. The molecule has 0 unspecified atom stereocenters. The molecule has 0 aliphatic carbocycles. The second-order valence-corrected chi connectivity index (χ2v) is 5.65. The highest BCUT2D eigenvalue weighted by molar-refractivity contribution is 5.80. The van der Waals surface area contributed by atoms with Gasteiger partial charge in [-0.15, -0.1) is 0 Å². The first-order valence-electron chi connectivity index (χ1n) is 7.12. The molecule has 1 amide bonds. The van der Waals surface area contributed by atoms with Crippen LogP contribution in [0.25, 0.3) is 0 Å². The van der Waals surface area contributed by atoms with Crippen molar-refractivity contribution in [1.82, 2.24) is 14.7 Å². The number of hydrogen-bond acceptors (Lipinski definition) is 2. The van der Waals surface area contributed by atoms with E-state index in [0.29, 0.717) is 19.0 Å². The van der Waals surface area contributed by atoms with E-state index in [9.17, 15) is 4.79 Å². The van der Waals surface area contributed by atoms with Crippen molar-refractivity contribution in [3.8, 4) is 0 Å². The lowest BCUT2D eigenvalue weighted by molar-refractivity contribution is -0.134. The Morgan fingerprint density at radius 1 is 1.21 bits per heavy atom. The minimum Gasteiger partial charge on any atom is -0.349 e. The fraction of sp³-hybridized carbons (Fsp3) is 0.857. The van der Waals surface area contributed by atoms with Gasteiger partial charge in [0.1, 0.15) is 0 Å². The zero-order valence-corrected chi connectivity index (χ0v) is 13.0. The summed E-state index contributed by atoms with van der Waals surface area (Å²) in [4.78, 5) is 22.6. The number of aliphatic imine (C=N–C) groups is 1. The first-order chi connectivity index (χ1) is 8.93. The predicted octanol–water partition coefficient (Wildman–Crippen LogP) is 1.26. The van der Waals surface area contributed by atoms with Gasteiger partial charge in [-0.25, -0.2) is 0 Å².